The van der Waals surface area contributed by atoms with Gasteiger partial charge in [-0.05, 0) is 93.9 Å². The Bertz CT molecular complexity index is 2270. The Morgan fingerprint density at radius 1 is 0.796 bits per heavy atom. The topological polar surface area (TPSA) is 171 Å². The van der Waals surface area contributed by atoms with Crippen LogP contribution in [0.1, 0.15) is 88.6 Å². The molecule has 54 heavy (non-hydrogen) atoms. The first-order valence-electron chi connectivity index (χ1n) is 19.4. The normalized spacial score (nSPS) is 14.2. The van der Waals surface area contributed by atoms with Gasteiger partial charge < -0.3 is 23.6 Å². The van der Waals surface area contributed by atoms with Gasteiger partial charge in [0.05, 0.1) is 24.8 Å². The van der Waals surface area contributed by atoms with Crippen LogP contribution in [-0.2, 0) is 30.5 Å². The molecule has 0 fully saturated rings. The highest BCUT2D eigenvalue weighted by Crippen LogP contribution is 2.35. The Hall–Kier alpha value is -5.31. The molecule has 0 radical (unpaired) electrons. The highest BCUT2D eigenvalue weighted by molar-refractivity contribution is 7.92. The third-order valence-electron chi connectivity index (χ3n) is 6.96. The minimum atomic E-state index is -3.59. The molecule has 0 aliphatic rings. The summed E-state index contributed by atoms with van der Waals surface area (Å²) in [5, 5.41) is 3.47. The molecule has 290 valence electrons. The number of benzene rings is 2. The highest BCUT2D eigenvalue weighted by atomic mass is 32.2. The summed E-state index contributed by atoms with van der Waals surface area (Å²) in [6.45, 7) is 11.3. The summed E-state index contributed by atoms with van der Waals surface area (Å²) in [5.41, 5.74) is -2.45. The molecule has 2 aromatic heterocycles. The highest BCUT2D eigenvalue weighted by Gasteiger charge is 2.37. The van der Waals surface area contributed by atoms with Crippen molar-refractivity contribution in [2.75, 3.05) is 11.9 Å². The number of amides is 3. The molecule has 0 bridgehead atoms. The van der Waals surface area contributed by atoms with Crippen molar-refractivity contribution >= 4 is 33.9 Å². The van der Waals surface area contributed by atoms with Gasteiger partial charge in [-0.15, -0.1) is 0 Å². The molecule has 0 saturated heterocycles. The Morgan fingerprint density at radius 2 is 1.30 bits per heavy atom. The maximum absolute atomic E-state index is 13.7. The fraction of sp³-hybridized carbons (Fsp3) is 0.436. The second-order valence-corrected chi connectivity index (χ2v) is 17.9. The van der Waals surface area contributed by atoms with Gasteiger partial charge in [0.2, 0.25) is 0 Å². The number of hydrogen-bond donors (Lipinski definition) is 0. The van der Waals surface area contributed by atoms with Gasteiger partial charge in [0.1, 0.15) is 22.5 Å². The number of sulfone groups is 1. The van der Waals surface area contributed by atoms with Gasteiger partial charge in [-0.25, -0.2) is 32.8 Å². The molecule has 0 aliphatic heterocycles. The van der Waals surface area contributed by atoms with E-state index in [0.29, 0.717) is 16.0 Å². The Balaban J connectivity index is 1.86. The van der Waals surface area contributed by atoms with E-state index < -0.39 is 63.6 Å². The van der Waals surface area contributed by atoms with E-state index in [1.165, 1.54) is 81.6 Å². The molecule has 14 nitrogen and oxygen atoms in total. The van der Waals surface area contributed by atoms with Crippen LogP contribution in [0.5, 0.6) is 0 Å². The monoisotopic (exact) mass is 768 g/mol. The largest absolute Gasteiger partial charge is 0.444 e. The number of nitrogens with zero attached hydrogens (tertiary/aromatic N) is 5. The number of aromatic nitrogens is 3. The van der Waals surface area contributed by atoms with Crippen LogP contribution >= 0.6 is 0 Å². The Labute approximate surface area is 323 Å². The average molecular weight is 769 g/mol. The van der Waals surface area contributed by atoms with Gasteiger partial charge >= 0.3 is 18.3 Å². The van der Waals surface area contributed by atoms with Crippen LogP contribution < -0.4 is 4.90 Å². The van der Waals surface area contributed by atoms with Crippen LogP contribution in [0, 0.1) is 0 Å². The molecule has 4 rings (SSSR count). The van der Waals surface area contributed by atoms with Gasteiger partial charge in [0, 0.05) is 34.8 Å². The SMILES string of the molecule is [2H]C([2H])([2H])N(C(=O)OC(C)(C)C)C([2H])([2H])c1ccc(-c2cc(-c3nc(-c4ccc(S(=O)(=O)C(C)C)cc4)cnc3N(C(=O)OC(C)(C)C)C(=O)OC(C)(C)C)on2)cc1. The summed E-state index contributed by atoms with van der Waals surface area (Å²) in [5.74, 6) is -0.451. The van der Waals surface area contributed by atoms with E-state index >= 15 is 0 Å². The van der Waals surface area contributed by atoms with Gasteiger partial charge in [-0.3, -0.25) is 0 Å². The molecule has 3 amide bonds. The molecule has 0 N–H and O–H groups in total. The first kappa shape index (κ1) is 34.5. The minimum absolute atomic E-state index is 0.0551. The molecular weight excluding hydrogens is 715 g/mol. The lowest BCUT2D eigenvalue weighted by atomic mass is 10.1. The smallest absolute Gasteiger partial charge is 0.425 e. The van der Waals surface area contributed by atoms with E-state index in [1.54, 1.807) is 55.4 Å². The molecule has 4 aromatic rings. The van der Waals surface area contributed by atoms with Crippen LogP contribution in [0.3, 0.4) is 0 Å². The summed E-state index contributed by atoms with van der Waals surface area (Å²) in [4.78, 5) is 50.2. The average Bonchev–Trinajstić information content (AvgIpc) is 3.56. The maximum Gasteiger partial charge on any atom is 0.425 e. The Morgan fingerprint density at radius 3 is 1.80 bits per heavy atom. The van der Waals surface area contributed by atoms with E-state index in [1.807, 2.05) is 0 Å². The molecular formula is C39H49N5O9S. The molecule has 0 saturated carbocycles. The second-order valence-electron chi connectivity index (χ2n) is 15.4. The fourth-order valence-corrected chi connectivity index (χ4v) is 5.58. The molecule has 0 aliphatic carbocycles. The number of carbonyl (C=O) groups is 3. The van der Waals surface area contributed by atoms with Crippen LogP contribution in [0.25, 0.3) is 34.0 Å². The fourth-order valence-electron chi connectivity index (χ4n) is 4.52. The molecule has 15 heteroatoms. The summed E-state index contributed by atoms with van der Waals surface area (Å²) in [6, 6.07) is 12.7. The quantitative estimate of drug-likeness (QED) is 0.156. The lowest BCUT2D eigenvalue weighted by Crippen LogP contribution is -2.44. The predicted molar refractivity (Wildman–Crippen MR) is 203 cm³/mol. The van der Waals surface area contributed by atoms with Gasteiger partial charge in [0.25, 0.3) is 0 Å². The van der Waals surface area contributed by atoms with E-state index in [0.717, 1.165) is 0 Å². The zero-order valence-corrected chi connectivity index (χ0v) is 33.0. The lowest BCUT2D eigenvalue weighted by Gasteiger charge is -2.28. The number of ether oxygens (including phenoxy) is 3. The zero-order valence-electron chi connectivity index (χ0n) is 37.2. The standard InChI is InChI=1S/C39H49N5O9S/c1-24(2)54(48,49)28-19-17-27(18-20-28)30-22-40-33(44(35(46)51-38(6,7)8)36(47)52-39(9,10)11)32(41-30)31-21-29(42-53-31)26-15-13-25(14-16-26)23-43(12)34(45)50-37(3,4)5/h13-22,24H,23H2,1-12H3/i12D3,23D2. The summed E-state index contributed by atoms with van der Waals surface area (Å²) >= 11 is 0. The first-order chi connectivity index (χ1) is 26.8. The Kier molecular flexibility index (Phi) is 9.94. The van der Waals surface area contributed by atoms with Crippen molar-refractivity contribution in [3.63, 3.8) is 0 Å². The zero-order chi connectivity index (χ0) is 44.7. The van der Waals surface area contributed by atoms with Crippen LogP contribution in [0.2, 0.25) is 0 Å². The van der Waals surface area contributed by atoms with E-state index in [4.69, 9.17) is 30.6 Å². The van der Waals surface area contributed by atoms with Crippen molar-refractivity contribution in [1.29, 1.82) is 0 Å². The van der Waals surface area contributed by atoms with E-state index in [-0.39, 0.29) is 44.0 Å². The predicted octanol–water partition coefficient (Wildman–Crippen LogP) is 8.69. The lowest BCUT2D eigenvalue weighted by molar-refractivity contribution is 0.0283. The number of imide groups is 1. The van der Waals surface area contributed by atoms with Crippen molar-refractivity contribution in [2.24, 2.45) is 0 Å². The number of carbonyl (C=O) groups excluding carboxylic acids is 3. The molecule has 2 heterocycles. The molecule has 2 aromatic carbocycles. The van der Waals surface area contributed by atoms with Crippen molar-refractivity contribution in [1.82, 2.24) is 20.0 Å². The van der Waals surface area contributed by atoms with E-state index in [9.17, 15) is 22.8 Å². The number of anilines is 1. The summed E-state index contributed by atoms with van der Waals surface area (Å²) in [6.07, 6.45) is -2.38. The van der Waals surface area contributed by atoms with Crippen LogP contribution in [-0.4, -0.2) is 75.8 Å². The van der Waals surface area contributed by atoms with Crippen LogP contribution in [0.4, 0.5) is 20.2 Å². The molecule has 0 unspecified atom stereocenters. The van der Waals surface area contributed by atoms with Crippen molar-refractivity contribution in [3.05, 3.63) is 66.4 Å². The van der Waals surface area contributed by atoms with Crippen molar-refractivity contribution in [3.8, 4) is 34.0 Å². The number of rotatable bonds is 8. The third kappa shape index (κ3) is 10.6. The second kappa shape index (κ2) is 15.6. The minimum Gasteiger partial charge on any atom is -0.444 e. The third-order valence-corrected chi connectivity index (χ3v) is 9.13. The number of hydrogen-bond acceptors (Lipinski definition) is 12. The molecule has 0 spiro atoms. The first-order valence-corrected chi connectivity index (χ1v) is 18.5. The van der Waals surface area contributed by atoms with Crippen molar-refractivity contribution in [2.45, 2.75) is 110 Å². The van der Waals surface area contributed by atoms with Gasteiger partial charge in [-0.1, -0.05) is 41.6 Å². The van der Waals surface area contributed by atoms with Gasteiger partial charge in [0.15, 0.2) is 27.1 Å². The van der Waals surface area contributed by atoms with Crippen molar-refractivity contribution < 1.29 is 48.4 Å². The molecule has 0 atom stereocenters. The van der Waals surface area contributed by atoms with Gasteiger partial charge in [-0.2, -0.15) is 4.90 Å². The van der Waals surface area contributed by atoms with Crippen LogP contribution in [0.15, 0.2) is 70.2 Å². The summed E-state index contributed by atoms with van der Waals surface area (Å²) in [7, 11) is -3.59. The maximum atomic E-state index is 13.7. The summed E-state index contributed by atoms with van der Waals surface area (Å²) < 4.78 is 88.7. The van der Waals surface area contributed by atoms with E-state index in [2.05, 4.69) is 10.1 Å².